The summed E-state index contributed by atoms with van der Waals surface area (Å²) < 4.78 is 5.24. The molecule has 2 atom stereocenters. The summed E-state index contributed by atoms with van der Waals surface area (Å²) in [7, 11) is 1.72. The summed E-state index contributed by atoms with van der Waals surface area (Å²) in [5, 5.41) is 3.46. The topological polar surface area (TPSA) is 41.6 Å². The number of amides is 1. The zero-order valence-corrected chi connectivity index (χ0v) is 14.0. The second-order valence-electron chi connectivity index (χ2n) is 6.88. The predicted octanol–water partition coefficient (Wildman–Crippen LogP) is 2.43. The maximum absolute atomic E-state index is 13.3. The van der Waals surface area contributed by atoms with E-state index in [-0.39, 0.29) is 5.41 Å². The zero-order chi connectivity index (χ0) is 15.3. The van der Waals surface area contributed by atoms with E-state index in [1.54, 1.807) is 7.11 Å². The molecule has 1 heterocycles. The molecule has 0 radical (unpaired) electrons. The van der Waals surface area contributed by atoms with Crippen molar-refractivity contribution in [2.45, 2.75) is 58.4 Å². The summed E-state index contributed by atoms with van der Waals surface area (Å²) in [6, 6.07) is 0.364. The van der Waals surface area contributed by atoms with Crippen molar-refractivity contribution in [1.82, 2.24) is 10.2 Å². The van der Waals surface area contributed by atoms with Crippen LogP contribution in [0.15, 0.2) is 0 Å². The van der Waals surface area contributed by atoms with Gasteiger partial charge in [-0.25, -0.2) is 0 Å². The largest absolute Gasteiger partial charge is 0.383 e. The summed E-state index contributed by atoms with van der Waals surface area (Å²) in [5.41, 5.74) is -0.177. The van der Waals surface area contributed by atoms with E-state index in [1.807, 2.05) is 0 Å². The van der Waals surface area contributed by atoms with Gasteiger partial charge in [0.25, 0.3) is 0 Å². The van der Waals surface area contributed by atoms with Crippen molar-refractivity contribution in [3.8, 4) is 0 Å². The molecule has 2 fully saturated rings. The fourth-order valence-electron chi connectivity index (χ4n) is 3.77. The average molecular weight is 296 g/mol. The third-order valence-electron chi connectivity index (χ3n) is 5.25. The number of methoxy groups -OCH3 is 1. The summed E-state index contributed by atoms with van der Waals surface area (Å²) >= 11 is 0. The predicted molar refractivity (Wildman–Crippen MR) is 85.2 cm³/mol. The second kappa shape index (κ2) is 7.59. The Morgan fingerprint density at radius 2 is 2.24 bits per heavy atom. The number of hydrogen-bond acceptors (Lipinski definition) is 3. The molecule has 1 aliphatic carbocycles. The van der Waals surface area contributed by atoms with Crippen molar-refractivity contribution in [1.29, 1.82) is 0 Å². The number of rotatable bonds is 8. The molecule has 0 spiro atoms. The standard InChI is InChI=1S/C17H32N2O2/c1-4-8-17(9-5-10-18-13-17)16(20)19(11-12-21-3)14(2)15-6-7-15/h14-15,18H,4-13H2,1-3H3. The minimum Gasteiger partial charge on any atom is -0.383 e. The van der Waals surface area contributed by atoms with Crippen LogP contribution < -0.4 is 5.32 Å². The van der Waals surface area contributed by atoms with Gasteiger partial charge in [0.15, 0.2) is 0 Å². The molecule has 0 aromatic rings. The van der Waals surface area contributed by atoms with Crippen LogP contribution in [0.2, 0.25) is 0 Å². The summed E-state index contributed by atoms with van der Waals surface area (Å²) in [5.74, 6) is 1.08. The smallest absolute Gasteiger partial charge is 0.230 e. The Balaban J connectivity index is 2.12. The normalized spacial score (nSPS) is 27.4. The quantitative estimate of drug-likeness (QED) is 0.748. The second-order valence-corrected chi connectivity index (χ2v) is 6.88. The molecule has 0 aromatic heterocycles. The zero-order valence-electron chi connectivity index (χ0n) is 14.0. The van der Waals surface area contributed by atoms with Crippen LogP contribution in [0.25, 0.3) is 0 Å². The van der Waals surface area contributed by atoms with Crippen molar-refractivity contribution >= 4 is 5.91 Å². The van der Waals surface area contributed by atoms with Gasteiger partial charge >= 0.3 is 0 Å². The van der Waals surface area contributed by atoms with Crippen LogP contribution in [-0.4, -0.2) is 50.2 Å². The number of piperidine rings is 1. The number of hydrogen-bond donors (Lipinski definition) is 1. The van der Waals surface area contributed by atoms with E-state index < -0.39 is 0 Å². The number of ether oxygens (including phenoxy) is 1. The monoisotopic (exact) mass is 296 g/mol. The van der Waals surface area contributed by atoms with E-state index in [9.17, 15) is 4.79 Å². The Labute approximate surface area is 129 Å². The van der Waals surface area contributed by atoms with E-state index >= 15 is 0 Å². The van der Waals surface area contributed by atoms with Gasteiger partial charge in [-0.3, -0.25) is 4.79 Å². The highest BCUT2D eigenvalue weighted by Crippen LogP contribution is 2.39. The minimum absolute atomic E-state index is 0.177. The van der Waals surface area contributed by atoms with Crippen LogP contribution in [-0.2, 0) is 9.53 Å². The van der Waals surface area contributed by atoms with E-state index in [4.69, 9.17) is 4.74 Å². The van der Waals surface area contributed by atoms with Crippen molar-refractivity contribution in [3.63, 3.8) is 0 Å². The third-order valence-corrected chi connectivity index (χ3v) is 5.25. The first-order valence-electron chi connectivity index (χ1n) is 8.65. The van der Waals surface area contributed by atoms with Gasteiger partial charge in [0.2, 0.25) is 5.91 Å². The number of carbonyl (C=O) groups is 1. The lowest BCUT2D eigenvalue weighted by Gasteiger charge is -2.42. The van der Waals surface area contributed by atoms with Crippen LogP contribution in [0.5, 0.6) is 0 Å². The van der Waals surface area contributed by atoms with E-state index in [2.05, 4.69) is 24.1 Å². The lowest BCUT2D eigenvalue weighted by Crippen LogP contribution is -2.55. The molecular weight excluding hydrogens is 264 g/mol. The molecule has 4 nitrogen and oxygen atoms in total. The number of nitrogens with zero attached hydrogens (tertiary/aromatic N) is 1. The summed E-state index contributed by atoms with van der Waals surface area (Å²) in [6.07, 6.45) is 6.77. The molecule has 1 amide bonds. The molecule has 1 saturated carbocycles. The van der Waals surface area contributed by atoms with Gasteiger partial charge in [-0.15, -0.1) is 0 Å². The number of carbonyl (C=O) groups excluding carboxylic acids is 1. The minimum atomic E-state index is -0.177. The summed E-state index contributed by atoms with van der Waals surface area (Å²) in [6.45, 7) is 7.68. The van der Waals surface area contributed by atoms with Gasteiger partial charge in [0.05, 0.1) is 12.0 Å². The SMILES string of the molecule is CCCC1(C(=O)N(CCOC)C(C)C2CC2)CCCNC1. The highest BCUT2D eigenvalue weighted by molar-refractivity contribution is 5.83. The van der Waals surface area contributed by atoms with E-state index in [0.29, 0.717) is 24.5 Å². The fraction of sp³-hybridized carbons (Fsp3) is 0.941. The van der Waals surface area contributed by atoms with Gasteiger partial charge in [0.1, 0.15) is 0 Å². The molecule has 4 heteroatoms. The molecule has 1 saturated heterocycles. The van der Waals surface area contributed by atoms with Crippen LogP contribution in [0.4, 0.5) is 0 Å². The highest BCUT2D eigenvalue weighted by Gasteiger charge is 2.44. The van der Waals surface area contributed by atoms with Gasteiger partial charge < -0.3 is 15.0 Å². The molecule has 2 unspecified atom stereocenters. The van der Waals surface area contributed by atoms with Gasteiger partial charge in [-0.2, -0.15) is 0 Å². The van der Waals surface area contributed by atoms with Crippen molar-refractivity contribution in [3.05, 3.63) is 0 Å². The Morgan fingerprint density at radius 1 is 1.48 bits per heavy atom. The highest BCUT2D eigenvalue weighted by atomic mass is 16.5. The average Bonchev–Trinajstić information content (AvgIpc) is 3.33. The molecule has 21 heavy (non-hydrogen) atoms. The molecule has 2 aliphatic rings. The fourth-order valence-corrected chi connectivity index (χ4v) is 3.77. The van der Waals surface area contributed by atoms with Gasteiger partial charge in [0, 0.05) is 26.2 Å². The van der Waals surface area contributed by atoms with Crippen LogP contribution in [0.1, 0.15) is 52.4 Å². The van der Waals surface area contributed by atoms with Crippen molar-refractivity contribution in [2.75, 3.05) is 33.4 Å². The molecule has 122 valence electrons. The first-order chi connectivity index (χ1) is 10.1. The molecule has 1 N–H and O–H groups in total. The lowest BCUT2D eigenvalue weighted by molar-refractivity contribution is -0.147. The molecule has 2 rings (SSSR count). The van der Waals surface area contributed by atoms with E-state index in [0.717, 1.165) is 45.3 Å². The maximum atomic E-state index is 13.3. The first kappa shape index (κ1) is 16.8. The Kier molecular flexibility index (Phi) is 6.06. The Hall–Kier alpha value is -0.610. The Bertz CT molecular complexity index is 330. The Morgan fingerprint density at radius 3 is 2.76 bits per heavy atom. The molecule has 0 aromatic carbocycles. The van der Waals surface area contributed by atoms with E-state index in [1.165, 1.54) is 12.8 Å². The molecule has 0 bridgehead atoms. The molecular formula is C17H32N2O2. The van der Waals surface area contributed by atoms with Crippen LogP contribution in [0, 0.1) is 11.3 Å². The van der Waals surface area contributed by atoms with Gasteiger partial charge in [-0.1, -0.05) is 13.3 Å². The lowest BCUT2D eigenvalue weighted by atomic mass is 9.75. The summed E-state index contributed by atoms with van der Waals surface area (Å²) in [4.78, 5) is 15.4. The van der Waals surface area contributed by atoms with Gasteiger partial charge in [-0.05, 0) is 51.5 Å². The maximum Gasteiger partial charge on any atom is 0.230 e. The third kappa shape index (κ3) is 3.98. The van der Waals surface area contributed by atoms with Crippen LogP contribution in [0.3, 0.4) is 0 Å². The van der Waals surface area contributed by atoms with Crippen LogP contribution >= 0.6 is 0 Å². The molecule has 1 aliphatic heterocycles. The van der Waals surface area contributed by atoms with Crippen molar-refractivity contribution in [2.24, 2.45) is 11.3 Å². The van der Waals surface area contributed by atoms with Crippen molar-refractivity contribution < 1.29 is 9.53 Å². The number of nitrogens with one attached hydrogen (secondary N) is 1. The first-order valence-corrected chi connectivity index (χ1v) is 8.65.